The molecule has 78 valence electrons. The minimum Gasteiger partial charge on any atom is -0.298 e. The Labute approximate surface area is 80.4 Å². The molecular formula is C9H18O3S. The van der Waals surface area contributed by atoms with Gasteiger partial charge in [0.15, 0.2) is 15.6 Å². The van der Waals surface area contributed by atoms with Gasteiger partial charge in [-0.15, -0.1) is 0 Å². The Balaban J connectivity index is 4.29. The van der Waals surface area contributed by atoms with Gasteiger partial charge in [-0.3, -0.25) is 4.79 Å². The Morgan fingerprint density at radius 1 is 1.31 bits per heavy atom. The molecular weight excluding hydrogens is 188 g/mol. The van der Waals surface area contributed by atoms with Gasteiger partial charge in [-0.2, -0.15) is 0 Å². The quantitative estimate of drug-likeness (QED) is 0.683. The van der Waals surface area contributed by atoms with Crippen molar-refractivity contribution in [2.75, 3.05) is 6.26 Å². The van der Waals surface area contributed by atoms with E-state index in [1.54, 1.807) is 0 Å². The smallest absolute Gasteiger partial charge is 0.157 e. The molecule has 0 N–H and O–H groups in total. The molecule has 0 aromatic carbocycles. The highest BCUT2D eigenvalue weighted by atomic mass is 32.2. The van der Waals surface area contributed by atoms with Crippen LogP contribution in [0.1, 0.15) is 33.6 Å². The van der Waals surface area contributed by atoms with Crippen molar-refractivity contribution in [3.63, 3.8) is 0 Å². The van der Waals surface area contributed by atoms with Crippen LogP contribution < -0.4 is 0 Å². The van der Waals surface area contributed by atoms with Crippen LogP contribution in [0.5, 0.6) is 0 Å². The van der Waals surface area contributed by atoms with Gasteiger partial charge in [-0.05, 0) is 12.8 Å². The summed E-state index contributed by atoms with van der Waals surface area (Å²) in [7, 11) is -3.21. The third-order valence-electron chi connectivity index (χ3n) is 2.34. The van der Waals surface area contributed by atoms with Crippen molar-refractivity contribution in [1.29, 1.82) is 0 Å². The topological polar surface area (TPSA) is 51.2 Å². The lowest BCUT2D eigenvalue weighted by molar-refractivity contribution is -0.119. The molecule has 0 heterocycles. The molecule has 13 heavy (non-hydrogen) atoms. The third-order valence-corrected chi connectivity index (χ3v) is 3.89. The second-order valence-corrected chi connectivity index (χ2v) is 6.02. The highest BCUT2D eigenvalue weighted by Crippen LogP contribution is 2.11. The summed E-state index contributed by atoms with van der Waals surface area (Å²) < 4.78 is 22.0. The summed E-state index contributed by atoms with van der Waals surface area (Å²) in [6.45, 7) is 5.40. The van der Waals surface area contributed by atoms with Gasteiger partial charge >= 0.3 is 0 Å². The number of hydrogen-bond acceptors (Lipinski definition) is 3. The van der Waals surface area contributed by atoms with E-state index in [1.807, 2.05) is 13.8 Å². The molecule has 0 spiro atoms. The van der Waals surface area contributed by atoms with Gasteiger partial charge in [0.1, 0.15) is 5.25 Å². The number of hydrogen-bond donors (Lipinski definition) is 0. The van der Waals surface area contributed by atoms with Crippen molar-refractivity contribution >= 4 is 15.6 Å². The van der Waals surface area contributed by atoms with Crippen molar-refractivity contribution < 1.29 is 13.2 Å². The number of sulfone groups is 1. The summed E-state index contributed by atoms with van der Waals surface area (Å²) in [5.41, 5.74) is 0. The predicted octanol–water partition coefficient (Wildman–Crippen LogP) is 1.42. The summed E-state index contributed by atoms with van der Waals surface area (Å²) in [5, 5.41) is -0.846. The molecule has 0 aliphatic rings. The Morgan fingerprint density at radius 2 is 1.77 bits per heavy atom. The standard InChI is InChI=1S/C9H18O3S/c1-5-7(2)6-9(10)8(3)13(4,11)12/h7-8H,5-6H2,1-4H3. The van der Waals surface area contributed by atoms with E-state index in [-0.39, 0.29) is 11.7 Å². The van der Waals surface area contributed by atoms with Crippen molar-refractivity contribution in [2.45, 2.75) is 38.9 Å². The van der Waals surface area contributed by atoms with Gasteiger partial charge in [0.25, 0.3) is 0 Å². The van der Waals surface area contributed by atoms with Crippen molar-refractivity contribution in [1.82, 2.24) is 0 Å². The van der Waals surface area contributed by atoms with E-state index in [1.165, 1.54) is 6.92 Å². The van der Waals surface area contributed by atoms with Gasteiger partial charge in [0, 0.05) is 12.7 Å². The fourth-order valence-electron chi connectivity index (χ4n) is 0.893. The molecule has 4 heteroatoms. The SMILES string of the molecule is CCC(C)CC(=O)C(C)S(C)(=O)=O. The van der Waals surface area contributed by atoms with Gasteiger partial charge in [-0.25, -0.2) is 8.42 Å². The number of Topliss-reactive ketones (excluding diaryl/α,β-unsaturated/α-hetero) is 1. The number of carbonyl (C=O) groups excluding carboxylic acids is 1. The lowest BCUT2D eigenvalue weighted by Crippen LogP contribution is -2.27. The first-order chi connectivity index (χ1) is 5.79. The van der Waals surface area contributed by atoms with E-state index in [2.05, 4.69) is 0 Å². The van der Waals surface area contributed by atoms with Gasteiger partial charge in [0.2, 0.25) is 0 Å². The highest BCUT2D eigenvalue weighted by molar-refractivity contribution is 7.92. The van der Waals surface area contributed by atoms with Gasteiger partial charge in [0.05, 0.1) is 0 Å². The maximum absolute atomic E-state index is 11.4. The van der Waals surface area contributed by atoms with Gasteiger partial charge < -0.3 is 0 Å². The van der Waals surface area contributed by atoms with E-state index in [0.717, 1.165) is 12.7 Å². The Morgan fingerprint density at radius 3 is 2.08 bits per heavy atom. The van der Waals surface area contributed by atoms with Crippen LogP contribution in [-0.4, -0.2) is 25.7 Å². The van der Waals surface area contributed by atoms with E-state index in [0.29, 0.717) is 6.42 Å². The number of ketones is 1. The minimum absolute atomic E-state index is 0.170. The minimum atomic E-state index is -3.21. The number of rotatable bonds is 5. The van der Waals surface area contributed by atoms with Crippen LogP contribution in [-0.2, 0) is 14.6 Å². The van der Waals surface area contributed by atoms with E-state index < -0.39 is 15.1 Å². The molecule has 2 atom stereocenters. The molecule has 2 unspecified atom stereocenters. The first-order valence-electron chi connectivity index (χ1n) is 4.50. The van der Waals surface area contributed by atoms with Crippen molar-refractivity contribution in [3.05, 3.63) is 0 Å². The average molecular weight is 206 g/mol. The maximum Gasteiger partial charge on any atom is 0.157 e. The first kappa shape index (κ1) is 12.6. The zero-order chi connectivity index (χ0) is 10.6. The van der Waals surface area contributed by atoms with E-state index in [9.17, 15) is 13.2 Å². The summed E-state index contributed by atoms with van der Waals surface area (Å²) in [6, 6.07) is 0. The molecule has 0 saturated heterocycles. The Hall–Kier alpha value is -0.380. The fraction of sp³-hybridized carbons (Fsp3) is 0.889. The highest BCUT2D eigenvalue weighted by Gasteiger charge is 2.23. The van der Waals surface area contributed by atoms with Crippen LogP contribution in [0.15, 0.2) is 0 Å². The lowest BCUT2D eigenvalue weighted by atomic mass is 10.0. The Kier molecular flexibility index (Phi) is 4.61. The summed E-state index contributed by atoms with van der Waals surface area (Å²) in [4.78, 5) is 11.4. The second kappa shape index (κ2) is 4.74. The lowest BCUT2D eigenvalue weighted by Gasteiger charge is -2.11. The van der Waals surface area contributed by atoms with Gasteiger partial charge in [-0.1, -0.05) is 20.3 Å². The summed E-state index contributed by atoms with van der Waals surface area (Å²) in [6.07, 6.45) is 2.37. The molecule has 0 rings (SSSR count). The summed E-state index contributed by atoms with van der Waals surface area (Å²) in [5.74, 6) is 0.105. The fourth-order valence-corrected chi connectivity index (χ4v) is 1.47. The molecule has 0 aliphatic heterocycles. The van der Waals surface area contributed by atoms with Crippen LogP contribution in [0.2, 0.25) is 0 Å². The van der Waals surface area contributed by atoms with Crippen LogP contribution in [0, 0.1) is 5.92 Å². The van der Waals surface area contributed by atoms with Crippen LogP contribution in [0.4, 0.5) is 0 Å². The molecule has 3 nitrogen and oxygen atoms in total. The molecule has 0 aromatic rings. The molecule has 0 aliphatic carbocycles. The van der Waals surface area contributed by atoms with E-state index in [4.69, 9.17) is 0 Å². The molecule has 0 radical (unpaired) electrons. The first-order valence-corrected chi connectivity index (χ1v) is 6.46. The maximum atomic E-state index is 11.4. The third kappa shape index (κ3) is 4.41. The molecule has 0 aromatic heterocycles. The molecule has 0 amide bonds. The molecule has 0 fully saturated rings. The largest absolute Gasteiger partial charge is 0.298 e. The predicted molar refractivity (Wildman–Crippen MR) is 53.4 cm³/mol. The van der Waals surface area contributed by atoms with E-state index >= 15 is 0 Å². The monoisotopic (exact) mass is 206 g/mol. The Bertz CT molecular complexity index is 267. The molecule has 0 bridgehead atoms. The van der Waals surface area contributed by atoms with Crippen molar-refractivity contribution in [3.8, 4) is 0 Å². The van der Waals surface area contributed by atoms with Crippen molar-refractivity contribution in [2.24, 2.45) is 5.92 Å². The normalized spacial score (nSPS) is 16.6. The average Bonchev–Trinajstić information content (AvgIpc) is 2.01. The molecule has 0 saturated carbocycles. The summed E-state index contributed by atoms with van der Waals surface area (Å²) >= 11 is 0. The number of carbonyl (C=O) groups is 1. The zero-order valence-corrected chi connectivity index (χ0v) is 9.52. The zero-order valence-electron chi connectivity index (χ0n) is 8.70. The van der Waals surface area contributed by atoms with Crippen LogP contribution >= 0.6 is 0 Å². The van der Waals surface area contributed by atoms with Crippen LogP contribution in [0.3, 0.4) is 0 Å². The van der Waals surface area contributed by atoms with Crippen LogP contribution in [0.25, 0.3) is 0 Å². The second-order valence-electron chi connectivity index (χ2n) is 3.66.